The molecular weight excluding hydrogens is 560 g/mol. The van der Waals surface area contributed by atoms with Gasteiger partial charge < -0.3 is 18.9 Å². The Hall–Kier alpha value is -6.26. The molecule has 2 aromatic heterocycles. The fourth-order valence-corrected chi connectivity index (χ4v) is 8.11. The molecule has 4 heteroatoms. The Balaban J connectivity index is 1.12. The van der Waals surface area contributed by atoms with Gasteiger partial charge in [0.25, 0.3) is 0 Å². The number of fused-ring (bicyclic) bond motifs is 10. The molecule has 214 valence electrons. The third-order valence-corrected chi connectivity index (χ3v) is 9.92. The maximum Gasteiger partial charge on any atom is 0.0783 e. The highest BCUT2D eigenvalue weighted by Crippen LogP contribution is 2.52. The van der Waals surface area contributed by atoms with Crippen molar-refractivity contribution in [1.29, 1.82) is 0 Å². The molecule has 0 N–H and O–H groups in total. The van der Waals surface area contributed by atoms with Crippen LogP contribution < -0.4 is 9.80 Å². The van der Waals surface area contributed by atoms with Crippen molar-refractivity contribution >= 4 is 77.7 Å². The second kappa shape index (κ2) is 8.68. The van der Waals surface area contributed by atoms with E-state index in [2.05, 4.69) is 177 Å². The van der Waals surface area contributed by atoms with Crippen LogP contribution in [0.5, 0.6) is 0 Å². The molecule has 4 nitrogen and oxygen atoms in total. The quantitative estimate of drug-likeness (QED) is 0.200. The third kappa shape index (κ3) is 2.94. The predicted molar refractivity (Wildman–Crippen MR) is 192 cm³/mol. The minimum Gasteiger partial charge on any atom is -0.306 e. The molecule has 0 spiro atoms. The molecular formula is C42H26N4. The molecule has 11 rings (SSSR count). The summed E-state index contributed by atoms with van der Waals surface area (Å²) in [7, 11) is 0. The number of nitrogens with zero attached hydrogens (tertiary/aromatic N) is 4. The molecule has 4 heterocycles. The number of benzene rings is 7. The second-order valence-electron chi connectivity index (χ2n) is 12.2. The Kier molecular flexibility index (Phi) is 4.55. The number of aromatic nitrogens is 2. The van der Waals surface area contributed by atoms with Gasteiger partial charge in [0.05, 0.1) is 56.2 Å². The van der Waals surface area contributed by atoms with Gasteiger partial charge in [-0.15, -0.1) is 0 Å². The molecule has 0 radical (unpaired) electrons. The summed E-state index contributed by atoms with van der Waals surface area (Å²) in [4.78, 5) is 4.84. The first-order valence-corrected chi connectivity index (χ1v) is 15.8. The molecule has 0 amide bonds. The van der Waals surface area contributed by atoms with E-state index < -0.39 is 0 Å². The summed E-state index contributed by atoms with van der Waals surface area (Å²) < 4.78 is 4.87. The predicted octanol–water partition coefficient (Wildman–Crippen LogP) is 11.4. The molecule has 7 aromatic carbocycles. The van der Waals surface area contributed by atoms with E-state index in [1.807, 2.05) is 0 Å². The Morgan fingerprint density at radius 2 is 0.609 bits per heavy atom. The Morgan fingerprint density at radius 1 is 0.261 bits per heavy atom. The summed E-state index contributed by atoms with van der Waals surface area (Å²) in [5.41, 5.74) is 14.4. The molecule has 0 fully saturated rings. The van der Waals surface area contributed by atoms with Gasteiger partial charge in [0.15, 0.2) is 0 Å². The van der Waals surface area contributed by atoms with Crippen LogP contribution in [0.1, 0.15) is 0 Å². The summed E-state index contributed by atoms with van der Waals surface area (Å²) in [6, 6.07) is 57.5. The first-order valence-electron chi connectivity index (χ1n) is 15.8. The standard InChI is InChI=1S/C42H26N4/c1-3-15-33-29(11-1)31-13-9-21-39-41(31)45(33)37-19-7-5-17-35(37)43(39)27-23-25-28(26-24-27)44-36-18-6-8-20-38(36)46-34-16-4-2-12-30(34)32-14-10-22-40(44)42(32)46/h1-26H. The van der Waals surface area contributed by atoms with Crippen LogP contribution in [0, 0.1) is 0 Å². The zero-order valence-corrected chi connectivity index (χ0v) is 24.8. The van der Waals surface area contributed by atoms with Gasteiger partial charge >= 0.3 is 0 Å². The van der Waals surface area contributed by atoms with Crippen LogP contribution in [-0.2, 0) is 0 Å². The molecule has 0 bridgehead atoms. The minimum atomic E-state index is 1.14. The van der Waals surface area contributed by atoms with Crippen LogP contribution in [0.25, 0.3) is 55.0 Å². The van der Waals surface area contributed by atoms with E-state index >= 15 is 0 Å². The first kappa shape index (κ1) is 24.1. The zero-order chi connectivity index (χ0) is 29.9. The highest BCUT2D eigenvalue weighted by Gasteiger charge is 2.30. The first-order chi connectivity index (χ1) is 22.9. The van der Waals surface area contributed by atoms with Crippen molar-refractivity contribution < 1.29 is 0 Å². The summed E-state index contributed by atoms with van der Waals surface area (Å²) in [5, 5.41) is 5.11. The summed E-state index contributed by atoms with van der Waals surface area (Å²) in [6.45, 7) is 0. The van der Waals surface area contributed by atoms with Crippen molar-refractivity contribution in [3.8, 4) is 11.4 Å². The third-order valence-electron chi connectivity index (χ3n) is 9.92. The summed E-state index contributed by atoms with van der Waals surface area (Å²) in [6.07, 6.45) is 0. The van der Waals surface area contributed by atoms with E-state index in [0.29, 0.717) is 0 Å². The van der Waals surface area contributed by atoms with Gasteiger partial charge in [0.1, 0.15) is 0 Å². The highest BCUT2D eigenvalue weighted by atomic mass is 15.2. The van der Waals surface area contributed by atoms with Gasteiger partial charge in [0.2, 0.25) is 0 Å². The van der Waals surface area contributed by atoms with Crippen molar-refractivity contribution in [2.45, 2.75) is 0 Å². The number of anilines is 6. The van der Waals surface area contributed by atoms with Crippen molar-refractivity contribution in [3.05, 3.63) is 158 Å². The fraction of sp³-hybridized carbons (Fsp3) is 0. The molecule has 2 aliphatic heterocycles. The largest absolute Gasteiger partial charge is 0.306 e. The van der Waals surface area contributed by atoms with Gasteiger partial charge in [-0.05, 0) is 72.8 Å². The van der Waals surface area contributed by atoms with Gasteiger partial charge in [-0.25, -0.2) is 0 Å². The molecule has 9 aromatic rings. The van der Waals surface area contributed by atoms with Crippen LogP contribution in [0.3, 0.4) is 0 Å². The summed E-state index contributed by atoms with van der Waals surface area (Å²) in [5.74, 6) is 0. The fourth-order valence-electron chi connectivity index (χ4n) is 8.11. The van der Waals surface area contributed by atoms with Gasteiger partial charge in [0, 0.05) is 32.9 Å². The number of para-hydroxylation sites is 8. The highest BCUT2D eigenvalue weighted by molar-refractivity contribution is 6.18. The monoisotopic (exact) mass is 586 g/mol. The van der Waals surface area contributed by atoms with E-state index in [1.165, 1.54) is 77.7 Å². The van der Waals surface area contributed by atoms with Crippen molar-refractivity contribution in [2.75, 3.05) is 9.80 Å². The van der Waals surface area contributed by atoms with E-state index in [9.17, 15) is 0 Å². The second-order valence-corrected chi connectivity index (χ2v) is 12.2. The van der Waals surface area contributed by atoms with E-state index in [0.717, 1.165) is 11.4 Å². The number of rotatable bonds is 2. The number of hydrogen-bond acceptors (Lipinski definition) is 2. The van der Waals surface area contributed by atoms with E-state index in [1.54, 1.807) is 0 Å². The van der Waals surface area contributed by atoms with Gasteiger partial charge in [-0.2, -0.15) is 0 Å². The van der Waals surface area contributed by atoms with Crippen LogP contribution >= 0.6 is 0 Å². The van der Waals surface area contributed by atoms with Crippen LogP contribution in [0.2, 0.25) is 0 Å². The molecule has 0 atom stereocenters. The number of hydrogen-bond donors (Lipinski definition) is 0. The molecule has 0 unspecified atom stereocenters. The zero-order valence-electron chi connectivity index (χ0n) is 24.8. The summed E-state index contributed by atoms with van der Waals surface area (Å²) >= 11 is 0. The Bertz CT molecular complexity index is 2520. The Labute approximate surface area is 265 Å². The lowest BCUT2D eigenvalue weighted by molar-refractivity contribution is 1.10. The lowest BCUT2D eigenvalue weighted by atomic mass is 10.1. The Morgan fingerprint density at radius 3 is 1.07 bits per heavy atom. The van der Waals surface area contributed by atoms with E-state index in [-0.39, 0.29) is 0 Å². The van der Waals surface area contributed by atoms with Crippen molar-refractivity contribution in [1.82, 2.24) is 9.13 Å². The van der Waals surface area contributed by atoms with E-state index in [4.69, 9.17) is 0 Å². The van der Waals surface area contributed by atoms with Crippen molar-refractivity contribution in [3.63, 3.8) is 0 Å². The van der Waals surface area contributed by atoms with Crippen LogP contribution in [-0.4, -0.2) is 9.13 Å². The molecule has 0 saturated carbocycles. The van der Waals surface area contributed by atoms with Gasteiger partial charge in [-0.1, -0.05) is 84.9 Å². The smallest absolute Gasteiger partial charge is 0.0783 e. The SMILES string of the molecule is c1ccc2c(c1)N(c1ccc(N3c4ccccc4-n4c5ccccc5c5cccc3c54)cc1)c1cccc3c4ccccc4n-2c13. The molecule has 2 aliphatic rings. The minimum absolute atomic E-state index is 1.14. The maximum atomic E-state index is 2.44. The van der Waals surface area contributed by atoms with Crippen molar-refractivity contribution in [2.24, 2.45) is 0 Å². The maximum absolute atomic E-state index is 2.44. The molecule has 0 aliphatic carbocycles. The topological polar surface area (TPSA) is 16.3 Å². The average Bonchev–Trinajstić information content (AvgIpc) is 3.64. The average molecular weight is 587 g/mol. The van der Waals surface area contributed by atoms with Crippen LogP contribution in [0.15, 0.2) is 158 Å². The van der Waals surface area contributed by atoms with Gasteiger partial charge in [-0.3, -0.25) is 0 Å². The lowest BCUT2D eigenvalue weighted by Crippen LogP contribution is -2.19. The molecule has 46 heavy (non-hydrogen) atoms. The normalized spacial score (nSPS) is 13.1. The molecule has 0 saturated heterocycles. The van der Waals surface area contributed by atoms with Crippen LogP contribution in [0.4, 0.5) is 34.1 Å². The lowest BCUT2D eigenvalue weighted by Gasteiger charge is -2.35.